The van der Waals surface area contributed by atoms with E-state index >= 15 is 0 Å². The largest absolute Gasteiger partial charge is 0.480 e. The topological polar surface area (TPSA) is 70.5 Å². The fourth-order valence-corrected chi connectivity index (χ4v) is 1.27. The minimum Gasteiger partial charge on any atom is -0.480 e. The molecule has 1 heterocycles. The van der Waals surface area contributed by atoms with Crippen LogP contribution in [0, 0.1) is 6.92 Å². The summed E-state index contributed by atoms with van der Waals surface area (Å²) in [5.74, 6) is -1.39. The monoisotopic (exact) mass is 236 g/mol. The number of likely N-dealkylation sites (N-methyl/N-ethyl adjacent to an activating group) is 1. The zero-order chi connectivity index (χ0) is 13.2. The Kier molecular flexibility index (Phi) is 3.50. The molecule has 1 aromatic heterocycles. The van der Waals surface area contributed by atoms with E-state index in [4.69, 9.17) is 5.11 Å². The van der Waals surface area contributed by atoms with Crippen LogP contribution in [0.1, 0.15) is 29.8 Å². The average Bonchev–Trinajstić information content (AvgIpc) is 2.27. The molecule has 0 aliphatic carbocycles. The van der Waals surface area contributed by atoms with Crippen molar-refractivity contribution in [1.29, 1.82) is 0 Å². The lowest BCUT2D eigenvalue weighted by Crippen LogP contribution is -2.50. The van der Waals surface area contributed by atoms with Crippen molar-refractivity contribution in [1.82, 2.24) is 9.88 Å². The zero-order valence-electron chi connectivity index (χ0n) is 10.4. The number of hydrogen-bond donors (Lipinski definition) is 1. The van der Waals surface area contributed by atoms with E-state index in [2.05, 4.69) is 4.98 Å². The van der Waals surface area contributed by atoms with Gasteiger partial charge in [0.15, 0.2) is 0 Å². The van der Waals surface area contributed by atoms with Crippen LogP contribution >= 0.6 is 0 Å². The fraction of sp³-hybridized carbons (Fsp3) is 0.417. The summed E-state index contributed by atoms with van der Waals surface area (Å²) in [4.78, 5) is 28.3. The van der Waals surface area contributed by atoms with Crippen LogP contribution in [0.25, 0.3) is 0 Å². The summed E-state index contributed by atoms with van der Waals surface area (Å²) < 4.78 is 0. The van der Waals surface area contributed by atoms with Gasteiger partial charge in [0.25, 0.3) is 5.91 Å². The highest BCUT2D eigenvalue weighted by atomic mass is 16.4. The average molecular weight is 236 g/mol. The molecule has 1 aromatic rings. The summed E-state index contributed by atoms with van der Waals surface area (Å²) in [6.07, 6.45) is 3.04. The molecule has 92 valence electrons. The second-order valence-electron chi connectivity index (χ2n) is 4.42. The minimum absolute atomic E-state index is 0.344. The number of carbonyl (C=O) groups excluding carboxylic acids is 1. The molecule has 0 spiro atoms. The molecule has 0 saturated carbocycles. The second-order valence-corrected chi connectivity index (χ2v) is 4.42. The summed E-state index contributed by atoms with van der Waals surface area (Å²) >= 11 is 0. The number of carboxylic acid groups (broad SMARTS) is 1. The first-order valence-electron chi connectivity index (χ1n) is 5.20. The molecule has 1 N–H and O–H groups in total. The van der Waals surface area contributed by atoms with Gasteiger partial charge in [0.1, 0.15) is 5.54 Å². The van der Waals surface area contributed by atoms with Crippen LogP contribution in [-0.4, -0.2) is 39.5 Å². The highest BCUT2D eigenvalue weighted by Gasteiger charge is 2.35. The summed E-state index contributed by atoms with van der Waals surface area (Å²) in [6.45, 7) is 4.76. The van der Waals surface area contributed by atoms with Gasteiger partial charge in [0.05, 0.1) is 5.56 Å². The van der Waals surface area contributed by atoms with Gasteiger partial charge in [-0.3, -0.25) is 9.78 Å². The molecule has 0 atom stereocenters. The normalized spacial score (nSPS) is 11.1. The van der Waals surface area contributed by atoms with Gasteiger partial charge in [0, 0.05) is 19.4 Å². The molecule has 1 amide bonds. The molecule has 1 rings (SSSR count). The van der Waals surface area contributed by atoms with E-state index in [9.17, 15) is 9.59 Å². The molecule has 0 fully saturated rings. The Balaban J connectivity index is 3.07. The Morgan fingerprint density at radius 1 is 1.41 bits per heavy atom. The molecule has 0 unspecified atom stereocenters. The molecule has 0 aliphatic heterocycles. The van der Waals surface area contributed by atoms with Gasteiger partial charge in [-0.2, -0.15) is 0 Å². The van der Waals surface area contributed by atoms with Crippen LogP contribution in [0.5, 0.6) is 0 Å². The summed E-state index contributed by atoms with van der Waals surface area (Å²) in [5, 5.41) is 9.07. The summed E-state index contributed by atoms with van der Waals surface area (Å²) in [5.41, 5.74) is -0.0540. The van der Waals surface area contributed by atoms with Gasteiger partial charge >= 0.3 is 5.97 Å². The number of carboxylic acids is 1. The molecule has 0 aromatic carbocycles. The predicted molar refractivity (Wildman–Crippen MR) is 62.8 cm³/mol. The Bertz CT molecular complexity index is 455. The second kappa shape index (κ2) is 4.53. The van der Waals surface area contributed by atoms with Crippen molar-refractivity contribution in [2.45, 2.75) is 26.3 Å². The maximum atomic E-state index is 12.1. The highest BCUT2D eigenvalue weighted by molar-refractivity contribution is 5.98. The number of rotatable bonds is 3. The third kappa shape index (κ3) is 2.43. The van der Waals surface area contributed by atoms with Gasteiger partial charge in [-0.1, -0.05) is 0 Å². The first-order valence-corrected chi connectivity index (χ1v) is 5.20. The minimum atomic E-state index is -1.25. The van der Waals surface area contributed by atoms with Crippen LogP contribution in [0.4, 0.5) is 0 Å². The van der Waals surface area contributed by atoms with Gasteiger partial charge in [-0.25, -0.2) is 4.79 Å². The Morgan fingerprint density at radius 3 is 2.47 bits per heavy atom. The third-order valence-corrected chi connectivity index (χ3v) is 2.94. The van der Waals surface area contributed by atoms with E-state index in [0.29, 0.717) is 5.56 Å². The van der Waals surface area contributed by atoms with Crippen molar-refractivity contribution in [2.24, 2.45) is 0 Å². The van der Waals surface area contributed by atoms with Crippen LogP contribution in [0.15, 0.2) is 18.5 Å². The SMILES string of the molecule is Cc1ccncc1C(=O)N(C)C(C)(C)C(=O)O. The lowest BCUT2D eigenvalue weighted by atomic mass is 10.0. The number of pyridine rings is 1. The van der Waals surface area contributed by atoms with E-state index in [-0.39, 0.29) is 5.91 Å². The maximum Gasteiger partial charge on any atom is 0.329 e. The predicted octanol–water partition coefficient (Wildman–Crippen LogP) is 1.33. The smallest absolute Gasteiger partial charge is 0.329 e. The molecule has 17 heavy (non-hydrogen) atoms. The van der Waals surface area contributed by atoms with Crippen molar-refractivity contribution >= 4 is 11.9 Å². The number of aromatic nitrogens is 1. The number of carbonyl (C=O) groups is 2. The van der Waals surface area contributed by atoms with Crippen molar-refractivity contribution in [3.63, 3.8) is 0 Å². The molecule has 0 radical (unpaired) electrons. The highest BCUT2D eigenvalue weighted by Crippen LogP contribution is 2.17. The van der Waals surface area contributed by atoms with Gasteiger partial charge < -0.3 is 10.0 Å². The Labute approximate surface area is 100 Å². The lowest BCUT2D eigenvalue weighted by Gasteiger charge is -2.31. The summed E-state index contributed by atoms with van der Waals surface area (Å²) in [7, 11) is 1.48. The lowest BCUT2D eigenvalue weighted by molar-refractivity contribution is -0.147. The first-order chi connectivity index (χ1) is 7.78. The van der Waals surface area contributed by atoms with Crippen molar-refractivity contribution < 1.29 is 14.7 Å². The molecule has 5 nitrogen and oxygen atoms in total. The fourth-order valence-electron chi connectivity index (χ4n) is 1.27. The van der Waals surface area contributed by atoms with Crippen LogP contribution < -0.4 is 0 Å². The van der Waals surface area contributed by atoms with Crippen LogP contribution in [0.3, 0.4) is 0 Å². The maximum absolute atomic E-state index is 12.1. The number of aryl methyl sites for hydroxylation is 1. The Hall–Kier alpha value is -1.91. The third-order valence-electron chi connectivity index (χ3n) is 2.94. The van der Waals surface area contributed by atoms with E-state index < -0.39 is 11.5 Å². The van der Waals surface area contributed by atoms with Gasteiger partial charge in [0.2, 0.25) is 0 Å². The van der Waals surface area contributed by atoms with Crippen LogP contribution in [-0.2, 0) is 4.79 Å². The van der Waals surface area contributed by atoms with E-state index in [1.165, 1.54) is 32.0 Å². The van der Waals surface area contributed by atoms with E-state index in [0.717, 1.165) is 5.56 Å². The number of hydrogen-bond acceptors (Lipinski definition) is 3. The quantitative estimate of drug-likeness (QED) is 0.859. The molecule has 0 saturated heterocycles. The zero-order valence-corrected chi connectivity index (χ0v) is 10.4. The van der Waals surface area contributed by atoms with Crippen molar-refractivity contribution in [3.05, 3.63) is 29.6 Å². The van der Waals surface area contributed by atoms with Gasteiger partial charge in [-0.15, -0.1) is 0 Å². The number of aliphatic carboxylic acids is 1. The van der Waals surface area contributed by atoms with Crippen LogP contribution in [0.2, 0.25) is 0 Å². The van der Waals surface area contributed by atoms with E-state index in [1.54, 1.807) is 19.2 Å². The molecule has 5 heteroatoms. The number of amides is 1. The Morgan fingerprint density at radius 2 is 2.00 bits per heavy atom. The van der Waals surface area contributed by atoms with Gasteiger partial charge in [-0.05, 0) is 32.4 Å². The molecule has 0 aliphatic rings. The standard InChI is InChI=1S/C12H16N2O3/c1-8-5-6-13-7-9(8)10(15)14(4)12(2,3)11(16)17/h5-7H,1-4H3,(H,16,17). The first kappa shape index (κ1) is 13.2. The van der Waals surface area contributed by atoms with Crippen molar-refractivity contribution in [3.8, 4) is 0 Å². The summed E-state index contributed by atoms with van der Waals surface area (Å²) in [6, 6.07) is 1.72. The molecular weight excluding hydrogens is 220 g/mol. The molecule has 0 bridgehead atoms. The molecular formula is C12H16N2O3. The number of nitrogens with zero attached hydrogens (tertiary/aromatic N) is 2. The van der Waals surface area contributed by atoms with E-state index in [1.807, 2.05) is 0 Å². The van der Waals surface area contributed by atoms with Crippen molar-refractivity contribution in [2.75, 3.05) is 7.05 Å².